The Hall–Kier alpha value is -1.86. The maximum Gasteiger partial charge on any atom is 0.255 e. The molecule has 1 aromatic rings. The minimum absolute atomic E-state index is 0.0290. The molecule has 2 N–H and O–H groups in total. The molecule has 1 aliphatic rings. The van der Waals surface area contributed by atoms with Gasteiger partial charge in [0.15, 0.2) is 5.96 Å². The summed E-state index contributed by atoms with van der Waals surface area (Å²) in [4.78, 5) is 18.7. The molecular weight excluding hydrogens is 294 g/mol. The predicted molar refractivity (Wildman–Crippen MR) is 91.9 cm³/mol. The second kappa shape index (κ2) is 8.69. The van der Waals surface area contributed by atoms with E-state index in [9.17, 15) is 4.79 Å². The van der Waals surface area contributed by atoms with E-state index in [1.807, 2.05) is 19.1 Å². The van der Waals surface area contributed by atoms with Gasteiger partial charge in [0.05, 0.1) is 13.2 Å². The van der Waals surface area contributed by atoms with Crippen LogP contribution >= 0.6 is 0 Å². The van der Waals surface area contributed by atoms with Gasteiger partial charge >= 0.3 is 0 Å². The lowest BCUT2D eigenvalue weighted by Crippen LogP contribution is -2.44. The van der Waals surface area contributed by atoms with Crippen LogP contribution in [0, 0.1) is 6.92 Å². The van der Waals surface area contributed by atoms with Crippen LogP contribution in [0.3, 0.4) is 0 Å². The van der Waals surface area contributed by atoms with Crippen molar-refractivity contribution in [3.8, 4) is 0 Å². The predicted octanol–water partition coefficient (Wildman–Crippen LogP) is -0.309. The SMILES string of the molecule is CN=C(NCCN1CCOCC1)NCc1ccc(C)n(C)c1=O. The second-order valence-corrected chi connectivity index (χ2v) is 5.67. The van der Waals surface area contributed by atoms with Crippen molar-refractivity contribution >= 4 is 5.96 Å². The Kier molecular flexibility index (Phi) is 6.61. The van der Waals surface area contributed by atoms with Crippen LogP contribution < -0.4 is 16.2 Å². The summed E-state index contributed by atoms with van der Waals surface area (Å²) in [5.74, 6) is 0.709. The maximum absolute atomic E-state index is 12.2. The lowest BCUT2D eigenvalue weighted by Gasteiger charge is -2.26. The average molecular weight is 321 g/mol. The van der Waals surface area contributed by atoms with Crippen molar-refractivity contribution in [3.05, 3.63) is 33.7 Å². The summed E-state index contributed by atoms with van der Waals surface area (Å²) in [5.41, 5.74) is 1.71. The van der Waals surface area contributed by atoms with Crippen molar-refractivity contribution in [2.24, 2.45) is 12.0 Å². The Balaban J connectivity index is 1.79. The average Bonchev–Trinajstić information content (AvgIpc) is 2.58. The van der Waals surface area contributed by atoms with Gasteiger partial charge in [-0.25, -0.2) is 0 Å². The van der Waals surface area contributed by atoms with Gasteiger partial charge in [-0.1, -0.05) is 6.07 Å². The van der Waals surface area contributed by atoms with E-state index in [1.165, 1.54) is 0 Å². The van der Waals surface area contributed by atoms with Gasteiger partial charge in [-0.15, -0.1) is 0 Å². The second-order valence-electron chi connectivity index (χ2n) is 5.67. The summed E-state index contributed by atoms with van der Waals surface area (Å²) in [6.07, 6.45) is 0. The lowest BCUT2D eigenvalue weighted by atomic mass is 10.2. The number of morpholine rings is 1. The lowest BCUT2D eigenvalue weighted by molar-refractivity contribution is 0.0389. The Labute approximate surface area is 137 Å². The van der Waals surface area contributed by atoms with Crippen LogP contribution in [0.25, 0.3) is 0 Å². The summed E-state index contributed by atoms with van der Waals surface area (Å²) in [6, 6.07) is 3.82. The number of nitrogens with one attached hydrogen (secondary N) is 2. The molecule has 0 spiro atoms. The number of aromatic nitrogens is 1. The smallest absolute Gasteiger partial charge is 0.255 e. The summed E-state index contributed by atoms with van der Waals surface area (Å²) >= 11 is 0. The fourth-order valence-corrected chi connectivity index (χ4v) is 2.47. The van der Waals surface area contributed by atoms with Crippen molar-refractivity contribution in [3.63, 3.8) is 0 Å². The monoisotopic (exact) mass is 321 g/mol. The van der Waals surface area contributed by atoms with Gasteiger partial charge in [-0.05, 0) is 13.0 Å². The fourth-order valence-electron chi connectivity index (χ4n) is 2.47. The zero-order valence-electron chi connectivity index (χ0n) is 14.3. The molecule has 7 nitrogen and oxygen atoms in total. The molecule has 2 rings (SSSR count). The first-order chi connectivity index (χ1) is 11.1. The minimum atomic E-state index is 0.0290. The zero-order valence-corrected chi connectivity index (χ0v) is 14.3. The number of guanidine groups is 1. The highest BCUT2D eigenvalue weighted by molar-refractivity contribution is 5.79. The molecule has 1 aromatic heterocycles. The number of hydrogen-bond acceptors (Lipinski definition) is 4. The normalized spacial score (nSPS) is 16.4. The third-order valence-corrected chi connectivity index (χ3v) is 4.13. The highest BCUT2D eigenvalue weighted by Gasteiger charge is 2.10. The zero-order chi connectivity index (χ0) is 16.7. The molecule has 2 heterocycles. The van der Waals surface area contributed by atoms with E-state index < -0.39 is 0 Å². The quantitative estimate of drug-likeness (QED) is 0.575. The molecule has 0 radical (unpaired) electrons. The molecule has 0 atom stereocenters. The molecule has 7 heteroatoms. The first-order valence-corrected chi connectivity index (χ1v) is 8.02. The molecule has 128 valence electrons. The Morgan fingerprint density at radius 1 is 1.30 bits per heavy atom. The first kappa shape index (κ1) is 17.5. The van der Waals surface area contributed by atoms with E-state index in [4.69, 9.17) is 4.74 Å². The highest BCUT2D eigenvalue weighted by Crippen LogP contribution is 1.97. The van der Waals surface area contributed by atoms with Crippen molar-refractivity contribution in [1.82, 2.24) is 20.1 Å². The van der Waals surface area contributed by atoms with E-state index in [0.29, 0.717) is 12.5 Å². The van der Waals surface area contributed by atoms with Crippen molar-refractivity contribution in [2.75, 3.05) is 46.4 Å². The molecule has 23 heavy (non-hydrogen) atoms. The molecular formula is C16H27N5O2. The molecule has 0 aromatic carbocycles. The Bertz CT molecular complexity index is 591. The number of ether oxygens (including phenoxy) is 1. The highest BCUT2D eigenvalue weighted by atomic mass is 16.5. The van der Waals surface area contributed by atoms with Gasteiger partial charge in [-0.2, -0.15) is 0 Å². The Morgan fingerprint density at radius 2 is 2.04 bits per heavy atom. The van der Waals surface area contributed by atoms with E-state index in [-0.39, 0.29) is 5.56 Å². The topological polar surface area (TPSA) is 70.9 Å². The van der Waals surface area contributed by atoms with Gasteiger partial charge in [-0.3, -0.25) is 14.7 Å². The molecule has 0 bridgehead atoms. The van der Waals surface area contributed by atoms with Crippen molar-refractivity contribution in [1.29, 1.82) is 0 Å². The van der Waals surface area contributed by atoms with Crippen LogP contribution in [0.2, 0.25) is 0 Å². The first-order valence-electron chi connectivity index (χ1n) is 8.02. The fraction of sp³-hybridized carbons (Fsp3) is 0.625. The third-order valence-electron chi connectivity index (χ3n) is 4.13. The third kappa shape index (κ3) is 5.07. The summed E-state index contributed by atoms with van der Waals surface area (Å²) < 4.78 is 6.99. The summed E-state index contributed by atoms with van der Waals surface area (Å²) in [5, 5.41) is 6.47. The molecule has 0 amide bonds. The number of aliphatic imine (C=N–C) groups is 1. The molecule has 1 aliphatic heterocycles. The Morgan fingerprint density at radius 3 is 2.74 bits per heavy atom. The van der Waals surface area contributed by atoms with Crippen LogP contribution in [0.5, 0.6) is 0 Å². The van der Waals surface area contributed by atoms with Crippen LogP contribution in [0.1, 0.15) is 11.3 Å². The number of pyridine rings is 1. The number of rotatable bonds is 5. The standard InChI is InChI=1S/C16H27N5O2/c1-13-4-5-14(15(22)20(13)3)12-19-16(17-2)18-6-7-21-8-10-23-11-9-21/h4-5H,6-12H2,1-3H3,(H2,17,18,19). The van der Waals surface area contributed by atoms with Gasteiger partial charge in [0.25, 0.3) is 5.56 Å². The van der Waals surface area contributed by atoms with Crippen LogP contribution in [-0.4, -0.2) is 61.9 Å². The molecule has 0 aliphatic carbocycles. The largest absolute Gasteiger partial charge is 0.379 e. The minimum Gasteiger partial charge on any atom is -0.379 e. The van der Waals surface area contributed by atoms with Crippen LogP contribution in [0.15, 0.2) is 21.9 Å². The number of aryl methyl sites for hydroxylation is 1. The molecule has 0 saturated carbocycles. The van der Waals surface area contributed by atoms with Crippen LogP contribution in [-0.2, 0) is 18.3 Å². The number of hydrogen-bond donors (Lipinski definition) is 2. The van der Waals surface area contributed by atoms with E-state index in [0.717, 1.165) is 50.7 Å². The summed E-state index contributed by atoms with van der Waals surface area (Å²) in [7, 11) is 3.52. The molecule has 1 fully saturated rings. The van der Waals surface area contributed by atoms with Crippen molar-refractivity contribution < 1.29 is 4.74 Å². The van der Waals surface area contributed by atoms with Gasteiger partial charge in [0, 0.05) is 58.1 Å². The van der Waals surface area contributed by atoms with E-state index in [2.05, 4.69) is 20.5 Å². The summed E-state index contributed by atoms with van der Waals surface area (Å²) in [6.45, 7) is 7.73. The van der Waals surface area contributed by atoms with Gasteiger partial charge in [0.1, 0.15) is 0 Å². The maximum atomic E-state index is 12.2. The van der Waals surface area contributed by atoms with E-state index >= 15 is 0 Å². The molecule has 0 unspecified atom stereocenters. The van der Waals surface area contributed by atoms with E-state index in [1.54, 1.807) is 18.7 Å². The van der Waals surface area contributed by atoms with Gasteiger partial charge < -0.3 is 19.9 Å². The number of nitrogens with zero attached hydrogens (tertiary/aromatic N) is 3. The van der Waals surface area contributed by atoms with Gasteiger partial charge in [0.2, 0.25) is 0 Å². The van der Waals surface area contributed by atoms with Crippen LogP contribution in [0.4, 0.5) is 0 Å². The van der Waals surface area contributed by atoms with Crippen molar-refractivity contribution in [2.45, 2.75) is 13.5 Å². The molecule has 1 saturated heterocycles.